The van der Waals surface area contributed by atoms with Crippen LogP contribution in [-0.2, 0) is 13.1 Å². The highest BCUT2D eigenvalue weighted by Crippen LogP contribution is 2.24. The number of nitrogens with zero attached hydrogens (tertiary/aromatic N) is 3. The van der Waals surface area contributed by atoms with E-state index in [1.807, 2.05) is 26.8 Å². The minimum atomic E-state index is 0.443. The van der Waals surface area contributed by atoms with Crippen molar-refractivity contribution in [2.75, 3.05) is 7.05 Å². The molecule has 5 rings (SSSR count). The number of aldehydes is 1. The first-order valence-electron chi connectivity index (χ1n) is 12.2. The van der Waals surface area contributed by atoms with Crippen molar-refractivity contribution < 1.29 is 4.79 Å². The Hall–Kier alpha value is -4.00. The predicted octanol–water partition coefficient (Wildman–Crippen LogP) is 5.72. The maximum atomic E-state index is 11.0. The van der Waals surface area contributed by atoms with Gasteiger partial charge in [-0.15, -0.1) is 0 Å². The Morgan fingerprint density at radius 2 is 1.44 bits per heavy atom. The molecule has 2 aromatic heterocycles. The molecule has 6 heteroatoms. The maximum Gasteiger partial charge on any atom is 0.170 e. The monoisotopic (exact) mass is 481 g/mol. The summed E-state index contributed by atoms with van der Waals surface area (Å²) in [5.41, 5.74) is 18.5. The van der Waals surface area contributed by atoms with Crippen LogP contribution in [0.25, 0.3) is 27.7 Å². The fourth-order valence-corrected chi connectivity index (χ4v) is 4.11. The van der Waals surface area contributed by atoms with Gasteiger partial charge in [0.05, 0.1) is 5.69 Å². The summed E-state index contributed by atoms with van der Waals surface area (Å²) in [7, 11) is 1.50. The Morgan fingerprint density at radius 1 is 0.833 bits per heavy atom. The van der Waals surface area contributed by atoms with E-state index < -0.39 is 0 Å². The summed E-state index contributed by atoms with van der Waals surface area (Å²) in [4.78, 5) is 11.0. The van der Waals surface area contributed by atoms with Crippen molar-refractivity contribution in [3.05, 3.63) is 108 Å². The van der Waals surface area contributed by atoms with Gasteiger partial charge in [0.15, 0.2) is 6.29 Å². The third kappa shape index (κ3) is 5.79. The van der Waals surface area contributed by atoms with Crippen molar-refractivity contribution in [1.82, 2.24) is 14.3 Å². The van der Waals surface area contributed by atoms with Crippen molar-refractivity contribution in [3.8, 4) is 16.8 Å². The molecule has 0 radical (unpaired) electrons. The Labute approximate surface area is 213 Å². The van der Waals surface area contributed by atoms with Crippen LogP contribution in [0.2, 0.25) is 0 Å². The van der Waals surface area contributed by atoms with Crippen LogP contribution >= 0.6 is 0 Å². The second-order valence-electron chi connectivity index (χ2n) is 8.02. The molecule has 0 spiro atoms. The molecule has 0 bridgehead atoms. The van der Waals surface area contributed by atoms with Crippen molar-refractivity contribution in [3.63, 3.8) is 0 Å². The second-order valence-corrected chi connectivity index (χ2v) is 8.02. The van der Waals surface area contributed by atoms with Gasteiger partial charge in [0.2, 0.25) is 0 Å². The highest BCUT2D eigenvalue weighted by atomic mass is 16.1. The molecule has 2 heterocycles. The average Bonchev–Trinajstić information content (AvgIpc) is 3.53. The normalized spacial score (nSPS) is 10.3. The van der Waals surface area contributed by atoms with Gasteiger partial charge in [0.25, 0.3) is 0 Å². The second kappa shape index (κ2) is 12.6. The SMILES string of the molecule is CC.CN.Cc1cc(C=O)nn1-c1ccc2c(ccn2Cc2ccc(-c3ccc(CN)cc3)cc2)c1. The zero-order valence-corrected chi connectivity index (χ0v) is 21.5. The molecule has 186 valence electrons. The maximum absolute atomic E-state index is 11.0. The van der Waals surface area contributed by atoms with E-state index >= 15 is 0 Å². The number of carbonyl (C=O) groups excluding carboxylic acids is 1. The number of hydrogen-bond acceptors (Lipinski definition) is 4. The zero-order chi connectivity index (χ0) is 26.1. The molecule has 0 saturated carbocycles. The van der Waals surface area contributed by atoms with Gasteiger partial charge >= 0.3 is 0 Å². The fourth-order valence-electron chi connectivity index (χ4n) is 4.11. The third-order valence-corrected chi connectivity index (χ3v) is 5.86. The van der Waals surface area contributed by atoms with Crippen LogP contribution < -0.4 is 11.5 Å². The Kier molecular flexibility index (Phi) is 9.33. The van der Waals surface area contributed by atoms with E-state index in [1.165, 1.54) is 23.7 Å². The summed E-state index contributed by atoms with van der Waals surface area (Å²) >= 11 is 0. The molecular formula is C30H35N5O. The summed E-state index contributed by atoms with van der Waals surface area (Å²) < 4.78 is 4.05. The highest BCUT2D eigenvalue weighted by molar-refractivity contribution is 5.82. The Morgan fingerprint density at radius 3 is 2.00 bits per heavy atom. The Balaban J connectivity index is 0.000000861. The predicted molar refractivity (Wildman–Crippen MR) is 150 cm³/mol. The fraction of sp³-hybridized carbons (Fsp3) is 0.200. The molecule has 0 aliphatic carbocycles. The molecule has 0 unspecified atom stereocenters. The van der Waals surface area contributed by atoms with E-state index in [1.54, 1.807) is 10.7 Å². The highest BCUT2D eigenvalue weighted by Gasteiger charge is 2.09. The number of aromatic nitrogens is 3. The molecule has 0 aliphatic rings. The molecule has 36 heavy (non-hydrogen) atoms. The molecule has 0 fully saturated rings. The van der Waals surface area contributed by atoms with Crippen LogP contribution in [0, 0.1) is 6.92 Å². The summed E-state index contributed by atoms with van der Waals surface area (Å²) in [6.07, 6.45) is 2.89. The first-order chi connectivity index (χ1) is 17.6. The van der Waals surface area contributed by atoms with Gasteiger partial charge in [-0.25, -0.2) is 4.68 Å². The largest absolute Gasteiger partial charge is 0.343 e. The quantitative estimate of drug-likeness (QED) is 0.303. The van der Waals surface area contributed by atoms with Crippen LogP contribution in [0.4, 0.5) is 0 Å². The van der Waals surface area contributed by atoms with Crippen LogP contribution in [-0.4, -0.2) is 27.7 Å². The van der Waals surface area contributed by atoms with E-state index in [0.29, 0.717) is 12.2 Å². The van der Waals surface area contributed by atoms with Gasteiger partial charge in [-0.05, 0) is 66.6 Å². The summed E-state index contributed by atoms with van der Waals surface area (Å²) in [5.74, 6) is 0. The topological polar surface area (TPSA) is 91.9 Å². The number of benzene rings is 3. The summed E-state index contributed by atoms with van der Waals surface area (Å²) in [5, 5.41) is 5.50. The molecule has 3 aromatic carbocycles. The van der Waals surface area contributed by atoms with Crippen molar-refractivity contribution in [2.45, 2.75) is 33.9 Å². The molecule has 5 aromatic rings. The van der Waals surface area contributed by atoms with Crippen LogP contribution in [0.5, 0.6) is 0 Å². The van der Waals surface area contributed by atoms with Crippen molar-refractivity contribution >= 4 is 17.2 Å². The molecule has 0 saturated heterocycles. The van der Waals surface area contributed by atoms with Crippen molar-refractivity contribution in [2.24, 2.45) is 11.5 Å². The van der Waals surface area contributed by atoms with Gasteiger partial charge in [0, 0.05) is 35.9 Å². The van der Waals surface area contributed by atoms with E-state index in [2.05, 4.69) is 88.3 Å². The van der Waals surface area contributed by atoms with Gasteiger partial charge in [-0.2, -0.15) is 5.10 Å². The van der Waals surface area contributed by atoms with Gasteiger partial charge in [-0.3, -0.25) is 4.79 Å². The lowest BCUT2D eigenvalue weighted by Crippen LogP contribution is -2.00. The lowest BCUT2D eigenvalue weighted by molar-refractivity contribution is 0.111. The van der Waals surface area contributed by atoms with Crippen LogP contribution in [0.15, 0.2) is 85.1 Å². The zero-order valence-electron chi connectivity index (χ0n) is 21.5. The molecule has 6 nitrogen and oxygen atoms in total. The minimum Gasteiger partial charge on any atom is -0.343 e. The average molecular weight is 482 g/mol. The molecular weight excluding hydrogens is 446 g/mol. The first-order valence-corrected chi connectivity index (χ1v) is 12.2. The lowest BCUT2D eigenvalue weighted by atomic mass is 10.0. The number of aryl methyl sites for hydroxylation is 1. The van der Waals surface area contributed by atoms with Crippen LogP contribution in [0.1, 0.15) is 41.2 Å². The van der Waals surface area contributed by atoms with Crippen molar-refractivity contribution in [1.29, 1.82) is 0 Å². The van der Waals surface area contributed by atoms with E-state index in [9.17, 15) is 4.79 Å². The molecule has 4 N–H and O–H groups in total. The summed E-state index contributed by atoms with van der Waals surface area (Å²) in [6, 6.07) is 27.3. The number of fused-ring (bicyclic) bond motifs is 1. The smallest absolute Gasteiger partial charge is 0.170 e. The first kappa shape index (κ1) is 26.6. The number of rotatable bonds is 6. The molecule has 0 atom stereocenters. The number of nitrogens with two attached hydrogens (primary N) is 2. The minimum absolute atomic E-state index is 0.443. The Bertz CT molecular complexity index is 1400. The molecule has 0 aliphatic heterocycles. The third-order valence-electron chi connectivity index (χ3n) is 5.86. The standard InChI is InChI=1S/C27H24N4O.C2H6.CH5N/c1-19-14-25(18-32)29-31(19)26-10-11-27-24(15-26)12-13-30(27)17-21-4-8-23(9-5-21)22-6-2-20(16-28)3-7-22;2*1-2/h2-15,18H,16-17,28H2,1H3;1-2H3;2H2,1H3. The van der Waals surface area contributed by atoms with E-state index in [0.717, 1.165) is 40.7 Å². The lowest BCUT2D eigenvalue weighted by Gasteiger charge is -2.09. The van der Waals surface area contributed by atoms with E-state index in [-0.39, 0.29) is 0 Å². The van der Waals surface area contributed by atoms with Crippen LogP contribution in [0.3, 0.4) is 0 Å². The number of carbonyl (C=O) groups is 1. The summed E-state index contributed by atoms with van der Waals surface area (Å²) in [6.45, 7) is 7.31. The van der Waals surface area contributed by atoms with Gasteiger partial charge in [-0.1, -0.05) is 62.4 Å². The van der Waals surface area contributed by atoms with Gasteiger partial charge in [0.1, 0.15) is 5.69 Å². The number of hydrogen-bond donors (Lipinski definition) is 2. The van der Waals surface area contributed by atoms with Gasteiger partial charge < -0.3 is 16.0 Å². The molecule has 0 amide bonds. The van der Waals surface area contributed by atoms with E-state index in [4.69, 9.17) is 5.73 Å².